The van der Waals surface area contributed by atoms with Gasteiger partial charge in [0.15, 0.2) is 0 Å². The summed E-state index contributed by atoms with van der Waals surface area (Å²) in [5.74, 6) is -1.59. The fourth-order valence-corrected chi connectivity index (χ4v) is 2.53. The van der Waals surface area contributed by atoms with E-state index in [0.29, 0.717) is 6.42 Å². The number of nitrogens with zero attached hydrogens (tertiary/aromatic N) is 1. The Kier molecular flexibility index (Phi) is 5.11. The van der Waals surface area contributed by atoms with Crippen molar-refractivity contribution in [1.82, 2.24) is 0 Å². The van der Waals surface area contributed by atoms with E-state index in [-0.39, 0.29) is 12.3 Å². The van der Waals surface area contributed by atoms with Gasteiger partial charge in [-0.05, 0) is 17.5 Å². The Labute approximate surface area is 124 Å². The summed E-state index contributed by atoms with van der Waals surface area (Å²) >= 11 is 0. The first-order chi connectivity index (χ1) is 10.2. The predicted molar refractivity (Wildman–Crippen MR) is 80.7 cm³/mol. The molecule has 0 unspecified atom stereocenters. The van der Waals surface area contributed by atoms with Crippen molar-refractivity contribution in [2.24, 2.45) is 5.92 Å². The van der Waals surface area contributed by atoms with Gasteiger partial charge in [0.2, 0.25) is 0 Å². The molecule has 0 saturated carbocycles. The molecule has 0 radical (unpaired) electrons. The average Bonchev–Trinajstić information content (AvgIpc) is 2.52. The largest absolute Gasteiger partial charge is 0.481 e. The summed E-state index contributed by atoms with van der Waals surface area (Å²) in [4.78, 5) is 11.0. The van der Waals surface area contributed by atoms with Gasteiger partial charge in [-0.2, -0.15) is 5.26 Å². The van der Waals surface area contributed by atoms with Crippen LogP contribution in [0.25, 0.3) is 0 Å². The topological polar surface area (TPSA) is 61.1 Å². The third kappa shape index (κ3) is 4.19. The normalized spacial score (nSPS) is 13.1. The third-order valence-electron chi connectivity index (χ3n) is 3.57. The van der Waals surface area contributed by atoms with Gasteiger partial charge >= 0.3 is 5.97 Å². The standard InChI is InChI=1S/C18H17NO2/c19-13-16(12-18(20)21)17(15-9-5-2-6-10-15)11-14-7-3-1-4-8-14/h1-10,16-17H,11-12H2,(H,20,21)/t16-,17+/m0/s1. The first-order valence-corrected chi connectivity index (χ1v) is 6.91. The zero-order chi connectivity index (χ0) is 15.1. The maximum absolute atomic E-state index is 11.0. The van der Waals surface area contributed by atoms with Gasteiger partial charge in [-0.1, -0.05) is 60.7 Å². The van der Waals surface area contributed by atoms with E-state index in [1.165, 1.54) is 0 Å². The van der Waals surface area contributed by atoms with Gasteiger partial charge < -0.3 is 5.11 Å². The SMILES string of the molecule is N#C[C@H](CC(=O)O)[C@H](Cc1ccccc1)c1ccccc1. The Balaban J connectivity index is 2.30. The van der Waals surface area contributed by atoms with E-state index in [9.17, 15) is 10.1 Å². The molecular weight excluding hydrogens is 262 g/mol. The summed E-state index contributed by atoms with van der Waals surface area (Å²) in [7, 11) is 0. The highest BCUT2D eigenvalue weighted by atomic mass is 16.4. The second-order valence-electron chi connectivity index (χ2n) is 5.04. The Hall–Kier alpha value is -2.60. The van der Waals surface area contributed by atoms with Crippen LogP contribution >= 0.6 is 0 Å². The minimum absolute atomic E-state index is 0.116. The number of hydrogen-bond acceptors (Lipinski definition) is 2. The van der Waals surface area contributed by atoms with Crippen molar-refractivity contribution in [2.75, 3.05) is 0 Å². The predicted octanol–water partition coefficient (Wildman–Crippen LogP) is 3.63. The zero-order valence-corrected chi connectivity index (χ0v) is 11.6. The highest BCUT2D eigenvalue weighted by Crippen LogP contribution is 2.30. The van der Waals surface area contributed by atoms with Crippen LogP contribution in [-0.4, -0.2) is 11.1 Å². The second kappa shape index (κ2) is 7.25. The Bertz CT molecular complexity index is 617. The molecule has 0 amide bonds. The lowest BCUT2D eigenvalue weighted by Crippen LogP contribution is -2.17. The van der Waals surface area contributed by atoms with Crippen LogP contribution in [0.2, 0.25) is 0 Å². The van der Waals surface area contributed by atoms with Crippen LogP contribution in [0, 0.1) is 17.2 Å². The molecule has 0 bridgehead atoms. The number of carbonyl (C=O) groups is 1. The molecular formula is C18H17NO2. The molecule has 2 aromatic carbocycles. The molecule has 0 spiro atoms. The van der Waals surface area contributed by atoms with E-state index in [1.807, 2.05) is 60.7 Å². The Morgan fingerprint density at radius 3 is 2.14 bits per heavy atom. The number of aliphatic carboxylic acids is 1. The van der Waals surface area contributed by atoms with Gasteiger partial charge in [-0.25, -0.2) is 0 Å². The molecule has 2 atom stereocenters. The first-order valence-electron chi connectivity index (χ1n) is 6.91. The Morgan fingerprint density at radius 2 is 1.62 bits per heavy atom. The number of hydrogen-bond donors (Lipinski definition) is 1. The summed E-state index contributed by atoms with van der Waals surface area (Å²) < 4.78 is 0. The number of rotatable bonds is 6. The summed E-state index contributed by atoms with van der Waals surface area (Å²) in [5, 5.41) is 18.4. The van der Waals surface area contributed by atoms with Crippen LogP contribution in [0.5, 0.6) is 0 Å². The highest BCUT2D eigenvalue weighted by Gasteiger charge is 2.25. The molecule has 3 nitrogen and oxygen atoms in total. The molecule has 3 heteroatoms. The lowest BCUT2D eigenvalue weighted by Gasteiger charge is -2.21. The summed E-state index contributed by atoms with van der Waals surface area (Å²) in [6.45, 7) is 0. The zero-order valence-electron chi connectivity index (χ0n) is 11.6. The van der Waals surface area contributed by atoms with E-state index in [2.05, 4.69) is 6.07 Å². The van der Waals surface area contributed by atoms with Gasteiger partial charge in [0.25, 0.3) is 0 Å². The molecule has 2 rings (SSSR count). The molecule has 106 valence electrons. The maximum atomic E-state index is 11.0. The molecule has 0 aliphatic rings. The molecule has 0 heterocycles. The molecule has 1 N–H and O–H groups in total. The van der Waals surface area contributed by atoms with Gasteiger partial charge in [-0.3, -0.25) is 4.79 Å². The van der Waals surface area contributed by atoms with E-state index in [1.54, 1.807) is 0 Å². The molecule has 2 aromatic rings. The van der Waals surface area contributed by atoms with Crippen molar-refractivity contribution >= 4 is 5.97 Å². The van der Waals surface area contributed by atoms with E-state index >= 15 is 0 Å². The fraction of sp³-hybridized carbons (Fsp3) is 0.222. The summed E-state index contributed by atoms with van der Waals surface area (Å²) in [5.41, 5.74) is 2.12. The van der Waals surface area contributed by atoms with Crippen LogP contribution in [0.15, 0.2) is 60.7 Å². The van der Waals surface area contributed by atoms with Crippen LogP contribution in [0.3, 0.4) is 0 Å². The van der Waals surface area contributed by atoms with Gasteiger partial charge in [0.1, 0.15) is 0 Å². The average molecular weight is 279 g/mol. The first kappa shape index (κ1) is 14.8. The molecule has 0 aliphatic carbocycles. The number of benzene rings is 2. The molecule has 0 saturated heterocycles. The van der Waals surface area contributed by atoms with Crippen molar-refractivity contribution < 1.29 is 9.90 Å². The van der Waals surface area contributed by atoms with Crippen molar-refractivity contribution in [2.45, 2.75) is 18.8 Å². The molecule has 0 fully saturated rings. The monoisotopic (exact) mass is 279 g/mol. The highest BCUT2D eigenvalue weighted by molar-refractivity contribution is 5.67. The Morgan fingerprint density at radius 1 is 1.05 bits per heavy atom. The quantitative estimate of drug-likeness (QED) is 0.878. The van der Waals surface area contributed by atoms with Crippen molar-refractivity contribution in [3.05, 3.63) is 71.8 Å². The maximum Gasteiger partial charge on any atom is 0.304 e. The van der Waals surface area contributed by atoms with E-state index in [4.69, 9.17) is 5.11 Å². The van der Waals surface area contributed by atoms with Crippen LogP contribution in [-0.2, 0) is 11.2 Å². The van der Waals surface area contributed by atoms with Gasteiger partial charge in [-0.15, -0.1) is 0 Å². The minimum atomic E-state index is -0.935. The molecule has 21 heavy (non-hydrogen) atoms. The van der Waals surface area contributed by atoms with E-state index < -0.39 is 11.9 Å². The second-order valence-corrected chi connectivity index (χ2v) is 5.04. The minimum Gasteiger partial charge on any atom is -0.481 e. The fourth-order valence-electron chi connectivity index (χ4n) is 2.53. The third-order valence-corrected chi connectivity index (χ3v) is 3.57. The van der Waals surface area contributed by atoms with Crippen LogP contribution in [0.4, 0.5) is 0 Å². The smallest absolute Gasteiger partial charge is 0.304 e. The van der Waals surface area contributed by atoms with Crippen LogP contribution in [0.1, 0.15) is 23.5 Å². The number of carboxylic acid groups (broad SMARTS) is 1. The molecule has 0 aliphatic heterocycles. The number of carboxylic acids is 1. The lowest BCUT2D eigenvalue weighted by molar-refractivity contribution is -0.137. The molecule has 0 aromatic heterocycles. The summed E-state index contributed by atoms with van der Waals surface area (Å²) in [6, 6.07) is 21.7. The van der Waals surface area contributed by atoms with Gasteiger partial charge in [0.05, 0.1) is 18.4 Å². The lowest BCUT2D eigenvalue weighted by atomic mass is 9.80. The van der Waals surface area contributed by atoms with Gasteiger partial charge in [0, 0.05) is 5.92 Å². The van der Waals surface area contributed by atoms with Crippen molar-refractivity contribution in [1.29, 1.82) is 5.26 Å². The van der Waals surface area contributed by atoms with Crippen molar-refractivity contribution in [3.63, 3.8) is 0 Å². The van der Waals surface area contributed by atoms with E-state index in [0.717, 1.165) is 11.1 Å². The van der Waals surface area contributed by atoms with Crippen molar-refractivity contribution in [3.8, 4) is 6.07 Å². The summed E-state index contributed by atoms with van der Waals surface area (Å²) in [6.07, 6.45) is 0.527. The number of nitriles is 1. The van der Waals surface area contributed by atoms with Crippen LogP contribution < -0.4 is 0 Å².